The van der Waals surface area contributed by atoms with Gasteiger partial charge in [0, 0.05) is 17.6 Å². The van der Waals surface area contributed by atoms with E-state index in [4.69, 9.17) is 0 Å². The van der Waals surface area contributed by atoms with Gasteiger partial charge in [-0.05, 0) is 51.9 Å². The van der Waals surface area contributed by atoms with Gasteiger partial charge >= 0.3 is 0 Å². The first-order valence-electron chi connectivity index (χ1n) is 7.43. The fourth-order valence-corrected chi connectivity index (χ4v) is 2.91. The van der Waals surface area contributed by atoms with Gasteiger partial charge in [0.05, 0.1) is 0 Å². The topological polar surface area (TPSA) is 15.3 Å². The molecule has 2 nitrogen and oxygen atoms in total. The molecule has 1 fully saturated rings. The molecule has 1 aromatic carbocycles. The molecule has 1 unspecified atom stereocenters. The molecule has 19 heavy (non-hydrogen) atoms. The monoisotopic (exact) mass is 264 g/mol. The number of hydrogen-bond donors (Lipinski definition) is 1. The standard InChI is InChI=1S/C16H25FN2/c1-3-10-19-11-8-14(9-12-19)18-13(2)15-6-4-5-7-16(15)17/h4-7,13-14,18H,3,8-12H2,1-2H3. The lowest BCUT2D eigenvalue weighted by molar-refractivity contribution is 0.192. The molecule has 0 amide bonds. The number of hydrogen-bond acceptors (Lipinski definition) is 2. The molecule has 2 rings (SSSR count). The highest BCUT2D eigenvalue weighted by Crippen LogP contribution is 2.19. The minimum absolute atomic E-state index is 0.0870. The molecule has 1 saturated heterocycles. The number of likely N-dealkylation sites (tertiary alicyclic amines) is 1. The smallest absolute Gasteiger partial charge is 0.127 e. The first-order chi connectivity index (χ1) is 9.20. The molecule has 1 aromatic rings. The number of nitrogens with zero attached hydrogens (tertiary/aromatic N) is 1. The van der Waals surface area contributed by atoms with Gasteiger partial charge in [-0.2, -0.15) is 0 Å². The molecule has 1 N–H and O–H groups in total. The summed E-state index contributed by atoms with van der Waals surface area (Å²) in [5.74, 6) is -0.106. The number of benzene rings is 1. The van der Waals surface area contributed by atoms with Crippen LogP contribution in [0.1, 0.15) is 44.7 Å². The van der Waals surface area contributed by atoms with Gasteiger partial charge in [0.1, 0.15) is 5.82 Å². The summed E-state index contributed by atoms with van der Waals surface area (Å²) in [6, 6.07) is 7.66. The van der Waals surface area contributed by atoms with Crippen molar-refractivity contribution in [2.75, 3.05) is 19.6 Å². The third kappa shape index (κ3) is 4.02. The van der Waals surface area contributed by atoms with Crippen molar-refractivity contribution in [3.05, 3.63) is 35.6 Å². The Labute approximate surface area is 116 Å². The maximum absolute atomic E-state index is 13.7. The molecule has 106 valence electrons. The van der Waals surface area contributed by atoms with E-state index >= 15 is 0 Å². The Morgan fingerprint density at radius 2 is 2.00 bits per heavy atom. The van der Waals surface area contributed by atoms with Crippen LogP contribution in [0.25, 0.3) is 0 Å². The van der Waals surface area contributed by atoms with Crippen molar-refractivity contribution in [3.63, 3.8) is 0 Å². The van der Waals surface area contributed by atoms with Crippen LogP contribution in [0.5, 0.6) is 0 Å². The summed E-state index contributed by atoms with van der Waals surface area (Å²) >= 11 is 0. The van der Waals surface area contributed by atoms with Gasteiger partial charge in [-0.15, -0.1) is 0 Å². The zero-order valence-corrected chi connectivity index (χ0v) is 12.0. The SMILES string of the molecule is CCCN1CCC(NC(C)c2ccccc2F)CC1. The highest BCUT2D eigenvalue weighted by atomic mass is 19.1. The molecule has 1 aliphatic heterocycles. The van der Waals surface area contributed by atoms with Gasteiger partial charge in [-0.3, -0.25) is 0 Å². The van der Waals surface area contributed by atoms with E-state index in [-0.39, 0.29) is 11.9 Å². The van der Waals surface area contributed by atoms with Crippen molar-refractivity contribution >= 4 is 0 Å². The molecule has 1 atom stereocenters. The Kier molecular flexibility index (Phi) is 5.34. The fraction of sp³-hybridized carbons (Fsp3) is 0.625. The zero-order chi connectivity index (χ0) is 13.7. The predicted molar refractivity (Wildman–Crippen MR) is 77.7 cm³/mol. The maximum atomic E-state index is 13.7. The summed E-state index contributed by atoms with van der Waals surface area (Å²) in [5.41, 5.74) is 0.776. The van der Waals surface area contributed by atoms with E-state index in [0.717, 1.165) is 18.7 Å². The maximum Gasteiger partial charge on any atom is 0.127 e. The number of nitrogens with one attached hydrogen (secondary N) is 1. The third-order valence-corrected chi connectivity index (χ3v) is 3.98. The highest BCUT2D eigenvalue weighted by molar-refractivity contribution is 5.20. The number of halogens is 1. The van der Waals surface area contributed by atoms with Gasteiger partial charge in [0.2, 0.25) is 0 Å². The Morgan fingerprint density at radius 3 is 2.63 bits per heavy atom. The third-order valence-electron chi connectivity index (χ3n) is 3.98. The summed E-state index contributed by atoms with van der Waals surface area (Å²) in [6.07, 6.45) is 3.56. The highest BCUT2D eigenvalue weighted by Gasteiger charge is 2.21. The Hall–Kier alpha value is -0.930. The van der Waals surface area contributed by atoms with Crippen LogP contribution in [0.3, 0.4) is 0 Å². The normalized spacial score (nSPS) is 19.5. The van der Waals surface area contributed by atoms with Crippen LogP contribution in [0.2, 0.25) is 0 Å². The minimum atomic E-state index is -0.106. The molecule has 0 aromatic heterocycles. The van der Waals surface area contributed by atoms with Gasteiger partial charge < -0.3 is 10.2 Å². The fourth-order valence-electron chi connectivity index (χ4n) is 2.91. The van der Waals surface area contributed by atoms with Gasteiger partial charge in [0.25, 0.3) is 0 Å². The van der Waals surface area contributed by atoms with Crippen LogP contribution in [0, 0.1) is 5.82 Å². The second-order valence-corrected chi connectivity index (χ2v) is 5.53. The number of piperidine rings is 1. The molecule has 0 saturated carbocycles. The molecule has 1 heterocycles. The summed E-state index contributed by atoms with van der Waals surface area (Å²) < 4.78 is 13.7. The first kappa shape index (κ1) is 14.5. The molecular formula is C16H25FN2. The first-order valence-corrected chi connectivity index (χ1v) is 7.43. The Balaban J connectivity index is 1.84. The lowest BCUT2D eigenvalue weighted by atomic mass is 10.0. The van der Waals surface area contributed by atoms with Gasteiger partial charge in [0.15, 0.2) is 0 Å². The zero-order valence-electron chi connectivity index (χ0n) is 12.0. The molecule has 3 heteroatoms. The quantitative estimate of drug-likeness (QED) is 0.877. The van der Waals surface area contributed by atoms with E-state index in [1.165, 1.54) is 31.9 Å². The van der Waals surface area contributed by atoms with Crippen molar-refractivity contribution in [1.82, 2.24) is 10.2 Å². The molecule has 0 spiro atoms. The minimum Gasteiger partial charge on any atom is -0.307 e. The van der Waals surface area contributed by atoms with Crippen LogP contribution in [-0.4, -0.2) is 30.6 Å². The number of rotatable bonds is 5. The summed E-state index contributed by atoms with van der Waals surface area (Å²) in [6.45, 7) is 7.81. The van der Waals surface area contributed by atoms with Crippen molar-refractivity contribution < 1.29 is 4.39 Å². The van der Waals surface area contributed by atoms with E-state index < -0.39 is 0 Å². The van der Waals surface area contributed by atoms with E-state index in [2.05, 4.69) is 24.1 Å². The molecule has 0 bridgehead atoms. The average molecular weight is 264 g/mol. The average Bonchev–Trinajstić information content (AvgIpc) is 2.42. The van der Waals surface area contributed by atoms with Crippen LogP contribution < -0.4 is 5.32 Å². The lowest BCUT2D eigenvalue weighted by Gasteiger charge is -2.33. The van der Waals surface area contributed by atoms with E-state index in [9.17, 15) is 4.39 Å². The van der Waals surface area contributed by atoms with E-state index in [0.29, 0.717) is 6.04 Å². The second-order valence-electron chi connectivity index (χ2n) is 5.53. The largest absolute Gasteiger partial charge is 0.307 e. The van der Waals surface area contributed by atoms with E-state index in [1.807, 2.05) is 12.1 Å². The molecule has 0 aliphatic carbocycles. The summed E-state index contributed by atoms with van der Waals surface area (Å²) in [4.78, 5) is 2.52. The van der Waals surface area contributed by atoms with Crippen LogP contribution in [-0.2, 0) is 0 Å². The Bertz CT molecular complexity index is 386. The van der Waals surface area contributed by atoms with E-state index in [1.54, 1.807) is 6.07 Å². The van der Waals surface area contributed by atoms with Crippen molar-refractivity contribution in [1.29, 1.82) is 0 Å². The van der Waals surface area contributed by atoms with Gasteiger partial charge in [-0.1, -0.05) is 25.1 Å². The summed E-state index contributed by atoms with van der Waals surface area (Å²) in [5, 5.41) is 3.57. The molecular weight excluding hydrogens is 239 g/mol. The van der Waals surface area contributed by atoms with Crippen LogP contribution >= 0.6 is 0 Å². The van der Waals surface area contributed by atoms with Gasteiger partial charge in [-0.25, -0.2) is 4.39 Å². The Morgan fingerprint density at radius 1 is 1.32 bits per heavy atom. The predicted octanol–water partition coefficient (Wildman–Crippen LogP) is 3.35. The second kappa shape index (κ2) is 7.01. The summed E-state index contributed by atoms with van der Waals surface area (Å²) in [7, 11) is 0. The van der Waals surface area contributed by atoms with Crippen molar-refractivity contribution in [2.24, 2.45) is 0 Å². The molecule has 0 radical (unpaired) electrons. The molecule has 1 aliphatic rings. The van der Waals surface area contributed by atoms with Crippen LogP contribution in [0.4, 0.5) is 4.39 Å². The van der Waals surface area contributed by atoms with Crippen LogP contribution in [0.15, 0.2) is 24.3 Å². The van der Waals surface area contributed by atoms with Crippen molar-refractivity contribution in [2.45, 2.75) is 45.2 Å². The van der Waals surface area contributed by atoms with Crippen molar-refractivity contribution in [3.8, 4) is 0 Å². The lowest BCUT2D eigenvalue weighted by Crippen LogP contribution is -2.43.